The SMILES string of the molecule is COc1ccc(C(NC(=O)c2cnc(-n3cccn3)nc2O)c2ccc([PH](=O)O)cc2)cc1. The number of hydrogen-bond donors (Lipinski definition) is 3. The highest BCUT2D eigenvalue weighted by Crippen LogP contribution is 2.26. The number of methoxy groups -OCH3 is 1. The van der Waals surface area contributed by atoms with Gasteiger partial charge in [-0.1, -0.05) is 24.3 Å². The molecular weight excluding hydrogens is 445 g/mol. The van der Waals surface area contributed by atoms with E-state index in [-0.39, 0.29) is 11.5 Å². The summed E-state index contributed by atoms with van der Waals surface area (Å²) in [5.41, 5.74) is 1.30. The Labute approximate surface area is 189 Å². The molecule has 0 spiro atoms. The lowest BCUT2D eigenvalue weighted by Crippen LogP contribution is -2.30. The summed E-state index contributed by atoms with van der Waals surface area (Å²) in [5, 5.41) is 17.5. The Morgan fingerprint density at radius 3 is 2.33 bits per heavy atom. The summed E-state index contributed by atoms with van der Waals surface area (Å²) in [6.45, 7) is 0. The molecular formula is C22H20N5O5P. The lowest BCUT2D eigenvalue weighted by molar-refractivity contribution is 0.0939. The van der Waals surface area contributed by atoms with Crippen LogP contribution in [0, 0.1) is 0 Å². The van der Waals surface area contributed by atoms with Crippen molar-refractivity contribution in [2.75, 3.05) is 7.11 Å². The van der Waals surface area contributed by atoms with Crippen LogP contribution in [0.4, 0.5) is 0 Å². The summed E-state index contributed by atoms with van der Waals surface area (Å²) in [6, 6.07) is 14.6. The van der Waals surface area contributed by atoms with Crippen LogP contribution < -0.4 is 15.4 Å². The van der Waals surface area contributed by atoms with Gasteiger partial charge in [-0.15, -0.1) is 0 Å². The first-order valence-corrected chi connectivity index (χ1v) is 11.2. The fourth-order valence-electron chi connectivity index (χ4n) is 3.20. The molecule has 2 aromatic heterocycles. The number of aromatic nitrogens is 4. The van der Waals surface area contributed by atoms with Crippen LogP contribution in [-0.4, -0.2) is 42.8 Å². The van der Waals surface area contributed by atoms with Crippen LogP contribution in [0.25, 0.3) is 5.95 Å². The predicted molar refractivity (Wildman–Crippen MR) is 120 cm³/mol. The molecule has 2 atom stereocenters. The fraction of sp³-hybridized carbons (Fsp3) is 0.0909. The summed E-state index contributed by atoms with van der Waals surface area (Å²) in [6.07, 6.45) is 4.37. The average molecular weight is 465 g/mol. The minimum absolute atomic E-state index is 0.110. The van der Waals surface area contributed by atoms with E-state index in [1.807, 2.05) is 0 Å². The minimum atomic E-state index is -2.83. The van der Waals surface area contributed by atoms with Crippen molar-refractivity contribution < 1.29 is 24.1 Å². The standard InChI is InChI=1S/C22H20N5O5P/c1-32-16-7-3-14(4-8-16)19(15-5-9-17(10-6-15)33(30)31)25-20(28)18-13-23-22(26-21(18)29)27-12-2-11-24-27/h2-13,19,33H,1H3,(H,25,28)(H,30,31)(H,23,26,29). The van der Waals surface area contributed by atoms with Gasteiger partial charge in [-0.25, -0.2) is 9.67 Å². The lowest BCUT2D eigenvalue weighted by atomic mass is 9.98. The molecule has 0 radical (unpaired) electrons. The van der Waals surface area contributed by atoms with Gasteiger partial charge < -0.3 is 20.1 Å². The number of hydrogen-bond acceptors (Lipinski definition) is 7. The van der Waals surface area contributed by atoms with E-state index in [1.165, 1.54) is 10.9 Å². The van der Waals surface area contributed by atoms with Crippen LogP contribution in [0.5, 0.6) is 11.6 Å². The highest BCUT2D eigenvalue weighted by molar-refractivity contribution is 7.47. The number of rotatable bonds is 7. The second-order valence-electron chi connectivity index (χ2n) is 6.96. The van der Waals surface area contributed by atoms with Crippen LogP contribution in [-0.2, 0) is 4.57 Å². The highest BCUT2D eigenvalue weighted by Gasteiger charge is 2.22. The Morgan fingerprint density at radius 2 is 1.79 bits per heavy atom. The summed E-state index contributed by atoms with van der Waals surface area (Å²) >= 11 is 0. The van der Waals surface area contributed by atoms with Crippen molar-refractivity contribution >= 4 is 19.2 Å². The first kappa shape index (κ1) is 22.2. The maximum absolute atomic E-state index is 13.0. The average Bonchev–Trinajstić information content (AvgIpc) is 3.37. The molecule has 0 saturated carbocycles. The van der Waals surface area contributed by atoms with E-state index in [9.17, 15) is 19.4 Å². The van der Waals surface area contributed by atoms with Gasteiger partial charge >= 0.3 is 0 Å². The monoisotopic (exact) mass is 465 g/mol. The normalized spacial score (nSPS) is 12.7. The summed E-state index contributed by atoms with van der Waals surface area (Å²) in [5.74, 6) is -0.315. The third kappa shape index (κ3) is 4.92. The largest absolute Gasteiger partial charge is 0.497 e. The molecule has 4 aromatic rings. The maximum Gasteiger partial charge on any atom is 0.259 e. The minimum Gasteiger partial charge on any atom is -0.497 e. The third-order valence-corrected chi connectivity index (χ3v) is 5.75. The predicted octanol–water partition coefficient (Wildman–Crippen LogP) is 1.99. The molecule has 2 aromatic carbocycles. The van der Waals surface area contributed by atoms with Crippen molar-refractivity contribution in [3.05, 3.63) is 89.9 Å². The van der Waals surface area contributed by atoms with E-state index in [0.29, 0.717) is 16.6 Å². The van der Waals surface area contributed by atoms with Gasteiger partial charge in [0, 0.05) is 23.9 Å². The van der Waals surface area contributed by atoms with E-state index in [4.69, 9.17) is 4.74 Å². The maximum atomic E-state index is 13.0. The Kier molecular flexibility index (Phi) is 6.48. The lowest BCUT2D eigenvalue weighted by Gasteiger charge is -2.20. The summed E-state index contributed by atoms with van der Waals surface area (Å²) in [4.78, 5) is 30.4. The van der Waals surface area contributed by atoms with Crippen molar-refractivity contribution in [3.8, 4) is 17.6 Å². The van der Waals surface area contributed by atoms with Crippen LogP contribution in [0.2, 0.25) is 0 Å². The molecule has 11 heteroatoms. The topological polar surface area (TPSA) is 139 Å². The molecule has 10 nitrogen and oxygen atoms in total. The second kappa shape index (κ2) is 9.64. The number of aromatic hydroxyl groups is 1. The number of benzene rings is 2. The molecule has 2 unspecified atom stereocenters. The molecule has 0 aliphatic carbocycles. The summed E-state index contributed by atoms with van der Waals surface area (Å²) in [7, 11) is -1.28. The molecule has 0 aliphatic rings. The molecule has 0 aliphatic heterocycles. The number of carbonyl (C=O) groups is 1. The van der Waals surface area contributed by atoms with Gasteiger partial charge in [-0.3, -0.25) is 9.36 Å². The molecule has 0 fully saturated rings. The Balaban J connectivity index is 1.65. The van der Waals surface area contributed by atoms with Crippen molar-refractivity contribution in [2.24, 2.45) is 0 Å². The van der Waals surface area contributed by atoms with Crippen LogP contribution in [0.1, 0.15) is 27.5 Å². The van der Waals surface area contributed by atoms with Crippen LogP contribution in [0.3, 0.4) is 0 Å². The first-order chi connectivity index (χ1) is 16.0. The molecule has 2 heterocycles. The van der Waals surface area contributed by atoms with Gasteiger partial charge in [0.15, 0.2) is 0 Å². The molecule has 1 amide bonds. The van der Waals surface area contributed by atoms with E-state index in [0.717, 1.165) is 5.56 Å². The molecule has 3 N–H and O–H groups in total. The molecule has 168 valence electrons. The van der Waals surface area contributed by atoms with Crippen LogP contribution in [0.15, 0.2) is 73.2 Å². The number of nitrogens with zero attached hydrogens (tertiary/aromatic N) is 4. The van der Waals surface area contributed by atoms with Gasteiger partial charge in [0.05, 0.1) is 13.2 Å². The van der Waals surface area contributed by atoms with Gasteiger partial charge in [0.25, 0.3) is 11.9 Å². The van der Waals surface area contributed by atoms with Crippen LogP contribution >= 0.6 is 8.03 Å². The smallest absolute Gasteiger partial charge is 0.259 e. The molecule has 0 saturated heterocycles. The number of ether oxygens (including phenoxy) is 1. The number of carbonyl (C=O) groups excluding carboxylic acids is 1. The quantitative estimate of drug-likeness (QED) is 0.352. The summed E-state index contributed by atoms with van der Waals surface area (Å²) < 4.78 is 17.9. The second-order valence-corrected chi connectivity index (χ2v) is 8.15. The Morgan fingerprint density at radius 1 is 1.12 bits per heavy atom. The zero-order valence-corrected chi connectivity index (χ0v) is 18.4. The van der Waals surface area contributed by atoms with Gasteiger partial charge in [0.2, 0.25) is 13.9 Å². The number of amides is 1. The van der Waals surface area contributed by atoms with Gasteiger partial charge in [-0.2, -0.15) is 10.1 Å². The molecule has 0 bridgehead atoms. The van der Waals surface area contributed by atoms with Crippen molar-refractivity contribution in [1.82, 2.24) is 25.1 Å². The number of nitrogens with one attached hydrogen (secondary N) is 1. The zero-order valence-electron chi connectivity index (χ0n) is 17.4. The Hall–Kier alpha value is -4.01. The van der Waals surface area contributed by atoms with E-state index in [1.54, 1.807) is 74.1 Å². The third-order valence-electron chi connectivity index (χ3n) is 4.93. The Bertz CT molecular complexity index is 1280. The van der Waals surface area contributed by atoms with Crippen molar-refractivity contribution in [2.45, 2.75) is 6.04 Å². The van der Waals surface area contributed by atoms with Gasteiger partial charge in [-0.05, 0) is 41.5 Å². The molecule has 33 heavy (non-hydrogen) atoms. The van der Waals surface area contributed by atoms with E-state index < -0.39 is 25.9 Å². The van der Waals surface area contributed by atoms with E-state index in [2.05, 4.69) is 20.4 Å². The molecule has 4 rings (SSSR count). The highest BCUT2D eigenvalue weighted by atomic mass is 31.1. The van der Waals surface area contributed by atoms with Crippen molar-refractivity contribution in [3.63, 3.8) is 0 Å². The fourth-order valence-corrected chi connectivity index (χ4v) is 3.66. The first-order valence-electron chi connectivity index (χ1n) is 9.80. The zero-order chi connectivity index (χ0) is 23.4. The van der Waals surface area contributed by atoms with Crippen molar-refractivity contribution in [1.29, 1.82) is 0 Å². The van der Waals surface area contributed by atoms with E-state index >= 15 is 0 Å². The van der Waals surface area contributed by atoms with Gasteiger partial charge in [0.1, 0.15) is 11.3 Å².